The normalized spacial score (nSPS) is 10.4. The second-order valence-corrected chi connectivity index (χ2v) is 4.05. The van der Waals surface area contributed by atoms with Gasteiger partial charge in [-0.05, 0) is 12.1 Å². The molecule has 2 rings (SSSR count). The maximum atomic E-state index is 10.1. The lowest BCUT2D eigenvalue weighted by molar-refractivity contribution is -0.525. The fourth-order valence-electron chi connectivity index (χ4n) is 1.70. The van der Waals surface area contributed by atoms with Crippen LogP contribution in [0.4, 0.5) is 0 Å². The van der Waals surface area contributed by atoms with Gasteiger partial charge in [-0.25, -0.2) is 15.1 Å². The van der Waals surface area contributed by atoms with Crippen molar-refractivity contribution in [3.63, 3.8) is 0 Å². The minimum atomic E-state index is -0.781. The molecule has 1 aromatic carbocycles. The molecule has 0 fully saturated rings. The topological polar surface area (TPSA) is 132 Å². The number of aromatic amines is 1. The van der Waals surface area contributed by atoms with E-state index in [1.165, 1.54) is 0 Å². The Morgan fingerprint density at radius 3 is 2.95 bits per heavy atom. The van der Waals surface area contributed by atoms with Crippen LogP contribution in [-0.4, -0.2) is 34.0 Å². The van der Waals surface area contributed by atoms with Crippen molar-refractivity contribution in [3.8, 4) is 0 Å². The molecule has 2 aromatic rings. The number of hydrazine groups is 1. The Bertz CT molecular complexity index is 577. The van der Waals surface area contributed by atoms with E-state index in [-0.39, 0.29) is 5.96 Å². The highest BCUT2D eigenvalue weighted by Crippen LogP contribution is 2.09. The number of rotatable bonds is 6. The molecule has 0 aliphatic carbocycles. The maximum absolute atomic E-state index is 10.1. The largest absolute Gasteiger partial charge is 0.351 e. The Morgan fingerprint density at radius 2 is 2.20 bits per heavy atom. The Kier molecular flexibility index (Phi) is 4.45. The number of para-hydroxylation sites is 2. The Morgan fingerprint density at radius 1 is 1.40 bits per heavy atom. The average Bonchev–Trinajstić information content (AvgIpc) is 2.80. The molecule has 0 aliphatic rings. The molecule has 0 bridgehead atoms. The van der Waals surface area contributed by atoms with Gasteiger partial charge in [-0.1, -0.05) is 17.6 Å². The summed E-state index contributed by atoms with van der Waals surface area (Å²) in [4.78, 5) is 17.6. The monoisotopic (exact) mass is 277 g/mol. The lowest BCUT2D eigenvalue weighted by Crippen LogP contribution is -2.42. The zero-order valence-corrected chi connectivity index (χ0v) is 10.6. The van der Waals surface area contributed by atoms with Crippen molar-refractivity contribution in [3.05, 3.63) is 40.2 Å². The zero-order valence-electron chi connectivity index (χ0n) is 10.6. The first-order valence-electron chi connectivity index (χ1n) is 6.03. The SMILES string of the molecule is N=C(NCCNCc1nc2ccccc2[nH]1)N[N+](=O)[O-]. The number of aromatic nitrogens is 2. The van der Waals surface area contributed by atoms with E-state index in [0.717, 1.165) is 16.9 Å². The number of guanidine groups is 1. The predicted octanol–water partition coefficient (Wildman–Crippen LogP) is -0.0418. The molecule has 0 saturated carbocycles. The van der Waals surface area contributed by atoms with Gasteiger partial charge in [0.15, 0.2) is 5.03 Å². The lowest BCUT2D eigenvalue weighted by Gasteiger charge is -2.05. The van der Waals surface area contributed by atoms with Gasteiger partial charge in [0.2, 0.25) is 0 Å². The second-order valence-electron chi connectivity index (χ2n) is 4.05. The van der Waals surface area contributed by atoms with Crippen LogP contribution in [0.3, 0.4) is 0 Å². The third-order valence-electron chi connectivity index (χ3n) is 2.54. The summed E-state index contributed by atoms with van der Waals surface area (Å²) >= 11 is 0. The molecule has 1 heterocycles. The summed E-state index contributed by atoms with van der Waals surface area (Å²) in [5.41, 5.74) is 3.62. The van der Waals surface area contributed by atoms with E-state index in [2.05, 4.69) is 20.6 Å². The van der Waals surface area contributed by atoms with Crippen LogP contribution in [-0.2, 0) is 6.54 Å². The fraction of sp³-hybridized carbons (Fsp3) is 0.273. The van der Waals surface area contributed by atoms with Gasteiger partial charge in [0, 0.05) is 13.1 Å². The van der Waals surface area contributed by atoms with Gasteiger partial charge in [0.25, 0.3) is 5.96 Å². The smallest absolute Gasteiger partial charge is 0.251 e. The summed E-state index contributed by atoms with van der Waals surface area (Å²) in [6.07, 6.45) is 0. The van der Waals surface area contributed by atoms with E-state index in [1.807, 2.05) is 24.3 Å². The molecule has 0 radical (unpaired) electrons. The highest BCUT2D eigenvalue weighted by atomic mass is 16.7. The molecule has 0 aliphatic heterocycles. The summed E-state index contributed by atoms with van der Waals surface area (Å²) in [6.45, 7) is 1.52. The summed E-state index contributed by atoms with van der Waals surface area (Å²) in [6, 6.07) is 7.76. The van der Waals surface area contributed by atoms with Crippen molar-refractivity contribution < 1.29 is 5.03 Å². The van der Waals surface area contributed by atoms with Crippen LogP contribution in [0, 0.1) is 15.5 Å². The first kappa shape index (κ1) is 13.7. The number of hydrogen-bond donors (Lipinski definition) is 5. The van der Waals surface area contributed by atoms with E-state index in [0.29, 0.717) is 19.6 Å². The molecule has 9 heteroatoms. The number of benzene rings is 1. The van der Waals surface area contributed by atoms with Gasteiger partial charge in [-0.3, -0.25) is 5.41 Å². The maximum Gasteiger partial charge on any atom is 0.251 e. The number of nitrogens with one attached hydrogen (secondary N) is 5. The van der Waals surface area contributed by atoms with Crippen molar-refractivity contribution in [1.29, 1.82) is 5.41 Å². The van der Waals surface area contributed by atoms with Crippen molar-refractivity contribution in [2.24, 2.45) is 0 Å². The third kappa shape index (κ3) is 3.92. The van der Waals surface area contributed by atoms with E-state index in [4.69, 9.17) is 5.41 Å². The highest BCUT2D eigenvalue weighted by Gasteiger charge is 2.02. The summed E-state index contributed by atoms with van der Waals surface area (Å²) in [5, 5.41) is 22.1. The van der Waals surface area contributed by atoms with Gasteiger partial charge in [0.05, 0.1) is 17.6 Å². The summed E-state index contributed by atoms with van der Waals surface area (Å²) < 4.78 is 0. The number of H-pyrrole nitrogens is 1. The molecule has 9 nitrogen and oxygen atoms in total. The van der Waals surface area contributed by atoms with E-state index >= 15 is 0 Å². The average molecular weight is 277 g/mol. The van der Waals surface area contributed by atoms with E-state index in [1.54, 1.807) is 5.43 Å². The molecule has 106 valence electrons. The molecule has 5 N–H and O–H groups in total. The minimum absolute atomic E-state index is 0.333. The van der Waals surface area contributed by atoms with Crippen LogP contribution < -0.4 is 16.1 Å². The van der Waals surface area contributed by atoms with E-state index < -0.39 is 5.03 Å². The second kappa shape index (κ2) is 6.48. The van der Waals surface area contributed by atoms with Crippen molar-refractivity contribution in [2.75, 3.05) is 13.1 Å². The molecule has 1 aromatic heterocycles. The van der Waals surface area contributed by atoms with Crippen molar-refractivity contribution in [1.82, 2.24) is 26.0 Å². The van der Waals surface area contributed by atoms with Crippen LogP contribution in [0.15, 0.2) is 24.3 Å². The van der Waals surface area contributed by atoms with Gasteiger partial charge < -0.3 is 15.6 Å². The molecule has 0 amide bonds. The highest BCUT2D eigenvalue weighted by molar-refractivity contribution is 5.75. The van der Waals surface area contributed by atoms with Crippen molar-refractivity contribution in [2.45, 2.75) is 6.54 Å². The number of hydrogen-bond acceptors (Lipinski definition) is 5. The van der Waals surface area contributed by atoms with Crippen LogP contribution in [0.25, 0.3) is 11.0 Å². The van der Waals surface area contributed by atoms with Crippen molar-refractivity contribution >= 4 is 17.0 Å². The number of imidazole rings is 1. The van der Waals surface area contributed by atoms with E-state index in [9.17, 15) is 10.1 Å². The number of fused-ring (bicyclic) bond motifs is 1. The Labute approximate surface area is 114 Å². The number of nitrogens with zero attached hydrogens (tertiary/aromatic N) is 2. The Balaban J connectivity index is 1.68. The molecule has 20 heavy (non-hydrogen) atoms. The van der Waals surface area contributed by atoms with Gasteiger partial charge in [0.1, 0.15) is 5.82 Å². The van der Waals surface area contributed by atoms with Crippen LogP contribution in [0.5, 0.6) is 0 Å². The van der Waals surface area contributed by atoms with Crippen LogP contribution >= 0.6 is 0 Å². The van der Waals surface area contributed by atoms with Crippen LogP contribution in [0.2, 0.25) is 0 Å². The molecule has 0 saturated heterocycles. The molecule has 0 atom stereocenters. The number of nitro groups is 1. The Hall–Kier alpha value is -2.68. The molecule has 0 unspecified atom stereocenters. The van der Waals surface area contributed by atoms with Gasteiger partial charge >= 0.3 is 0 Å². The summed E-state index contributed by atoms with van der Waals surface area (Å²) in [7, 11) is 0. The quantitative estimate of drug-likeness (QED) is 0.165. The molecular weight excluding hydrogens is 262 g/mol. The standard InChI is InChI=1S/C11H15N7O2/c12-11(17-18(19)20)14-6-5-13-7-10-15-8-3-1-2-4-9(8)16-10/h1-4,13H,5-7H2,(H,15,16)(H3,12,14,17). The predicted molar refractivity (Wildman–Crippen MR) is 73.7 cm³/mol. The zero-order chi connectivity index (χ0) is 14.4. The van der Waals surface area contributed by atoms with Gasteiger partial charge in [-0.15, -0.1) is 0 Å². The minimum Gasteiger partial charge on any atom is -0.351 e. The van der Waals surface area contributed by atoms with Gasteiger partial charge in [-0.2, -0.15) is 0 Å². The molecule has 0 spiro atoms. The first-order chi connectivity index (χ1) is 9.65. The first-order valence-corrected chi connectivity index (χ1v) is 6.03. The lowest BCUT2D eigenvalue weighted by atomic mass is 10.3. The van der Waals surface area contributed by atoms with Crippen LogP contribution in [0.1, 0.15) is 5.82 Å². The third-order valence-corrected chi connectivity index (χ3v) is 2.54. The fourth-order valence-corrected chi connectivity index (χ4v) is 1.70. The summed E-state index contributed by atoms with van der Waals surface area (Å²) in [5.74, 6) is 0.491. The molecular formula is C11H15N7O2.